The molecule has 2 heterocycles. The van der Waals surface area contributed by atoms with E-state index in [0.29, 0.717) is 44.8 Å². The number of nitrogens with zero attached hydrogens (tertiary/aromatic N) is 2. The van der Waals surface area contributed by atoms with Crippen molar-refractivity contribution in [2.24, 2.45) is 0 Å². The lowest BCUT2D eigenvalue weighted by molar-refractivity contribution is -0.122. The van der Waals surface area contributed by atoms with Crippen molar-refractivity contribution in [3.05, 3.63) is 82.1 Å². The van der Waals surface area contributed by atoms with Gasteiger partial charge in [-0.25, -0.2) is 0 Å². The van der Waals surface area contributed by atoms with Crippen LogP contribution in [-0.4, -0.2) is 59.3 Å². The summed E-state index contributed by atoms with van der Waals surface area (Å²) in [7, 11) is 0. The molecular formula is C23H24N4O3. The molecular weight excluding hydrogens is 380 g/mol. The molecule has 154 valence electrons. The van der Waals surface area contributed by atoms with Crippen LogP contribution in [-0.2, 0) is 11.3 Å². The molecule has 30 heavy (non-hydrogen) atoms. The summed E-state index contributed by atoms with van der Waals surface area (Å²) in [6.07, 6.45) is 0. The summed E-state index contributed by atoms with van der Waals surface area (Å²) in [5.41, 5.74) is 1.55. The van der Waals surface area contributed by atoms with Crippen LogP contribution in [0.1, 0.15) is 15.9 Å². The Bertz CT molecular complexity index is 1100. The van der Waals surface area contributed by atoms with Gasteiger partial charge in [0, 0.05) is 38.2 Å². The first kappa shape index (κ1) is 19.8. The summed E-state index contributed by atoms with van der Waals surface area (Å²) in [5, 5.41) is 3.75. The average Bonchev–Trinajstić information content (AvgIpc) is 2.78. The minimum atomic E-state index is -0.374. The Morgan fingerprint density at radius 3 is 2.40 bits per heavy atom. The number of benzene rings is 2. The van der Waals surface area contributed by atoms with E-state index in [1.54, 1.807) is 11.0 Å². The minimum Gasteiger partial charge on any atom is -0.351 e. The molecule has 7 heteroatoms. The molecule has 4 rings (SSSR count). The average molecular weight is 404 g/mol. The summed E-state index contributed by atoms with van der Waals surface area (Å²) in [6, 6.07) is 18.8. The molecule has 2 aromatic carbocycles. The Morgan fingerprint density at radius 2 is 1.63 bits per heavy atom. The molecule has 1 aliphatic heterocycles. The van der Waals surface area contributed by atoms with Crippen LogP contribution < -0.4 is 10.9 Å². The first-order valence-corrected chi connectivity index (χ1v) is 10.0. The molecule has 1 saturated heterocycles. The van der Waals surface area contributed by atoms with Gasteiger partial charge in [-0.1, -0.05) is 48.5 Å². The van der Waals surface area contributed by atoms with E-state index in [0.717, 1.165) is 10.9 Å². The Balaban J connectivity index is 1.31. The number of hydrogen-bond acceptors (Lipinski definition) is 4. The number of fused-ring (bicyclic) bond motifs is 1. The standard InChI is InChI=1S/C23H24N4O3/c28-21(24-15-17-6-2-1-3-7-17)16-26-10-12-27(13-11-26)23(30)19-14-18-8-4-5-9-20(18)25-22(19)29/h1-9,14H,10-13,15-16H2,(H,24,28)(H,25,29). The maximum atomic E-state index is 12.9. The van der Waals surface area contributed by atoms with Gasteiger partial charge in [0.05, 0.1) is 6.54 Å². The van der Waals surface area contributed by atoms with Crippen LogP contribution in [0.3, 0.4) is 0 Å². The van der Waals surface area contributed by atoms with Crippen LogP contribution in [0.5, 0.6) is 0 Å². The van der Waals surface area contributed by atoms with E-state index in [1.165, 1.54) is 0 Å². The second-order valence-electron chi connectivity index (χ2n) is 7.43. The molecule has 0 radical (unpaired) electrons. The quantitative estimate of drug-likeness (QED) is 0.677. The van der Waals surface area contributed by atoms with E-state index in [9.17, 15) is 14.4 Å². The summed E-state index contributed by atoms with van der Waals surface area (Å²) in [5.74, 6) is -0.306. The third-order valence-electron chi connectivity index (χ3n) is 5.34. The van der Waals surface area contributed by atoms with Crippen LogP contribution in [0.4, 0.5) is 0 Å². The maximum absolute atomic E-state index is 12.9. The molecule has 1 aromatic heterocycles. The Morgan fingerprint density at radius 1 is 0.933 bits per heavy atom. The Kier molecular flexibility index (Phi) is 5.90. The monoisotopic (exact) mass is 404 g/mol. The number of para-hydroxylation sites is 1. The number of pyridine rings is 1. The number of aromatic amines is 1. The highest BCUT2D eigenvalue weighted by Crippen LogP contribution is 2.12. The van der Waals surface area contributed by atoms with Gasteiger partial charge in [0.2, 0.25) is 5.91 Å². The van der Waals surface area contributed by atoms with Gasteiger partial charge in [0.25, 0.3) is 11.5 Å². The molecule has 1 fully saturated rings. The van der Waals surface area contributed by atoms with Crippen molar-refractivity contribution in [3.8, 4) is 0 Å². The van der Waals surface area contributed by atoms with E-state index in [4.69, 9.17) is 0 Å². The minimum absolute atomic E-state index is 0.0374. The van der Waals surface area contributed by atoms with Gasteiger partial charge in [-0.15, -0.1) is 0 Å². The van der Waals surface area contributed by atoms with Gasteiger partial charge in [-0.2, -0.15) is 0 Å². The molecule has 0 spiro atoms. The van der Waals surface area contributed by atoms with Crippen molar-refractivity contribution in [2.75, 3.05) is 32.7 Å². The third kappa shape index (κ3) is 4.58. The highest BCUT2D eigenvalue weighted by molar-refractivity contribution is 5.97. The summed E-state index contributed by atoms with van der Waals surface area (Å²) >= 11 is 0. The lowest BCUT2D eigenvalue weighted by atomic mass is 10.1. The van der Waals surface area contributed by atoms with Crippen LogP contribution >= 0.6 is 0 Å². The first-order chi connectivity index (χ1) is 14.6. The highest BCUT2D eigenvalue weighted by atomic mass is 16.2. The fourth-order valence-corrected chi connectivity index (χ4v) is 3.64. The molecule has 0 atom stereocenters. The van der Waals surface area contributed by atoms with Crippen LogP contribution in [0, 0.1) is 0 Å². The van der Waals surface area contributed by atoms with Gasteiger partial charge in [0.1, 0.15) is 5.56 Å². The Hall–Kier alpha value is -3.45. The maximum Gasteiger partial charge on any atom is 0.261 e. The molecule has 2 amide bonds. The first-order valence-electron chi connectivity index (χ1n) is 10.0. The third-order valence-corrected chi connectivity index (χ3v) is 5.34. The van der Waals surface area contributed by atoms with E-state index in [1.807, 2.05) is 59.5 Å². The number of rotatable bonds is 5. The number of aromatic nitrogens is 1. The van der Waals surface area contributed by atoms with Gasteiger partial charge < -0.3 is 15.2 Å². The number of H-pyrrole nitrogens is 1. The molecule has 1 aliphatic rings. The summed E-state index contributed by atoms with van der Waals surface area (Å²) in [6.45, 7) is 2.95. The molecule has 0 saturated carbocycles. The zero-order chi connectivity index (χ0) is 20.9. The molecule has 2 N–H and O–H groups in total. The van der Waals surface area contributed by atoms with Crippen molar-refractivity contribution in [1.82, 2.24) is 20.1 Å². The second kappa shape index (κ2) is 8.92. The predicted molar refractivity (Wildman–Crippen MR) is 115 cm³/mol. The number of hydrogen-bond donors (Lipinski definition) is 2. The molecule has 0 aliphatic carbocycles. The van der Waals surface area contributed by atoms with Gasteiger partial charge in [-0.05, 0) is 23.1 Å². The zero-order valence-corrected chi connectivity index (χ0v) is 16.6. The van der Waals surface area contributed by atoms with Crippen LogP contribution in [0.25, 0.3) is 10.9 Å². The fraction of sp³-hybridized carbons (Fsp3) is 0.261. The van der Waals surface area contributed by atoms with Gasteiger partial charge in [0.15, 0.2) is 0 Å². The topological polar surface area (TPSA) is 85.5 Å². The smallest absolute Gasteiger partial charge is 0.261 e. The van der Waals surface area contributed by atoms with Crippen molar-refractivity contribution < 1.29 is 9.59 Å². The predicted octanol–water partition coefficient (Wildman–Crippen LogP) is 1.60. The van der Waals surface area contributed by atoms with E-state index in [2.05, 4.69) is 10.3 Å². The normalized spacial score (nSPS) is 14.6. The molecule has 3 aromatic rings. The van der Waals surface area contributed by atoms with Crippen molar-refractivity contribution in [1.29, 1.82) is 0 Å². The van der Waals surface area contributed by atoms with E-state index in [-0.39, 0.29) is 22.9 Å². The van der Waals surface area contributed by atoms with Crippen LogP contribution in [0.2, 0.25) is 0 Å². The fourth-order valence-electron chi connectivity index (χ4n) is 3.64. The molecule has 0 unspecified atom stereocenters. The number of amides is 2. The lowest BCUT2D eigenvalue weighted by Gasteiger charge is -2.34. The highest BCUT2D eigenvalue weighted by Gasteiger charge is 2.25. The Labute approximate surface area is 174 Å². The lowest BCUT2D eigenvalue weighted by Crippen LogP contribution is -2.51. The van der Waals surface area contributed by atoms with E-state index >= 15 is 0 Å². The summed E-state index contributed by atoms with van der Waals surface area (Å²) < 4.78 is 0. The number of carbonyl (C=O) groups is 2. The second-order valence-corrected chi connectivity index (χ2v) is 7.43. The van der Waals surface area contributed by atoms with Gasteiger partial charge >= 0.3 is 0 Å². The van der Waals surface area contributed by atoms with E-state index < -0.39 is 0 Å². The van der Waals surface area contributed by atoms with Crippen molar-refractivity contribution in [3.63, 3.8) is 0 Å². The molecule has 7 nitrogen and oxygen atoms in total. The van der Waals surface area contributed by atoms with Gasteiger partial charge in [-0.3, -0.25) is 19.3 Å². The van der Waals surface area contributed by atoms with Crippen molar-refractivity contribution >= 4 is 22.7 Å². The molecule has 0 bridgehead atoms. The summed E-state index contributed by atoms with van der Waals surface area (Å²) in [4.78, 5) is 43.9. The van der Waals surface area contributed by atoms with Crippen molar-refractivity contribution in [2.45, 2.75) is 6.54 Å². The number of piperazine rings is 1. The number of carbonyl (C=O) groups excluding carboxylic acids is 2. The SMILES string of the molecule is O=C(CN1CCN(C(=O)c2cc3ccccc3[nH]c2=O)CC1)NCc1ccccc1. The largest absolute Gasteiger partial charge is 0.351 e. The zero-order valence-electron chi connectivity index (χ0n) is 16.6. The van der Waals surface area contributed by atoms with Crippen LogP contribution in [0.15, 0.2) is 65.5 Å². The number of nitrogens with one attached hydrogen (secondary N) is 2.